The average molecular weight is 269 g/mol. The Morgan fingerprint density at radius 1 is 1.10 bits per heavy atom. The summed E-state index contributed by atoms with van der Waals surface area (Å²) in [6.07, 6.45) is 0.958. The fourth-order valence-electron chi connectivity index (χ4n) is 2.15. The van der Waals surface area contributed by atoms with E-state index in [1.807, 2.05) is 24.3 Å². The molecule has 0 saturated heterocycles. The Morgan fingerprint density at radius 3 is 2.50 bits per heavy atom. The minimum atomic E-state index is -0.885. The second-order valence-corrected chi connectivity index (χ2v) is 4.98. The molecule has 0 spiro atoms. The van der Waals surface area contributed by atoms with Crippen LogP contribution < -0.4 is 5.32 Å². The van der Waals surface area contributed by atoms with Gasteiger partial charge in [0, 0.05) is 12.6 Å². The summed E-state index contributed by atoms with van der Waals surface area (Å²) in [5, 5.41) is 12.4. The van der Waals surface area contributed by atoms with Gasteiger partial charge in [-0.2, -0.15) is 0 Å². The quantitative estimate of drug-likeness (QED) is 0.847. The average Bonchev–Trinajstić information content (AvgIpc) is 2.46. The van der Waals surface area contributed by atoms with Gasteiger partial charge in [0.15, 0.2) is 0 Å². The Kier molecular flexibility index (Phi) is 4.91. The Bertz CT molecular complexity index is 566. The molecule has 0 heterocycles. The summed E-state index contributed by atoms with van der Waals surface area (Å²) in [4.78, 5) is 10.9. The third-order valence-corrected chi connectivity index (χ3v) is 3.21. The van der Waals surface area contributed by atoms with Crippen molar-refractivity contribution in [1.82, 2.24) is 5.32 Å². The largest absolute Gasteiger partial charge is 0.478 e. The minimum Gasteiger partial charge on any atom is -0.478 e. The van der Waals surface area contributed by atoms with Gasteiger partial charge in [-0.1, -0.05) is 42.5 Å². The first-order valence-electron chi connectivity index (χ1n) is 6.74. The monoisotopic (exact) mass is 269 g/mol. The van der Waals surface area contributed by atoms with Gasteiger partial charge in [0.25, 0.3) is 0 Å². The van der Waals surface area contributed by atoms with E-state index >= 15 is 0 Å². The maximum atomic E-state index is 10.9. The van der Waals surface area contributed by atoms with Gasteiger partial charge in [-0.3, -0.25) is 0 Å². The first-order valence-corrected chi connectivity index (χ1v) is 6.74. The van der Waals surface area contributed by atoms with Crippen molar-refractivity contribution in [2.24, 2.45) is 0 Å². The van der Waals surface area contributed by atoms with E-state index in [2.05, 4.69) is 24.4 Å². The summed E-state index contributed by atoms with van der Waals surface area (Å²) in [6.45, 7) is 2.81. The molecule has 0 amide bonds. The van der Waals surface area contributed by atoms with Gasteiger partial charge in [-0.05, 0) is 36.6 Å². The highest BCUT2D eigenvalue weighted by Gasteiger charge is 2.05. The maximum absolute atomic E-state index is 10.9. The zero-order valence-electron chi connectivity index (χ0n) is 11.5. The molecule has 2 aromatic rings. The molecule has 3 nitrogen and oxygen atoms in total. The van der Waals surface area contributed by atoms with E-state index in [9.17, 15) is 4.79 Å². The van der Waals surface area contributed by atoms with Crippen LogP contribution in [0.2, 0.25) is 0 Å². The second-order valence-electron chi connectivity index (χ2n) is 4.98. The van der Waals surface area contributed by atoms with Crippen molar-refractivity contribution < 1.29 is 9.90 Å². The number of hydrogen-bond donors (Lipinski definition) is 2. The lowest BCUT2D eigenvalue weighted by atomic mass is 10.1. The summed E-state index contributed by atoms with van der Waals surface area (Å²) < 4.78 is 0. The van der Waals surface area contributed by atoms with Gasteiger partial charge in [0.05, 0.1) is 5.56 Å². The lowest BCUT2D eigenvalue weighted by molar-refractivity contribution is 0.0696. The normalized spacial score (nSPS) is 12.1. The van der Waals surface area contributed by atoms with E-state index in [-0.39, 0.29) is 0 Å². The Hall–Kier alpha value is -2.13. The van der Waals surface area contributed by atoms with Crippen LogP contribution in [0.1, 0.15) is 28.4 Å². The minimum absolute atomic E-state index is 0.333. The van der Waals surface area contributed by atoms with E-state index in [0.29, 0.717) is 18.2 Å². The molecule has 3 heteroatoms. The highest BCUT2D eigenvalue weighted by atomic mass is 16.4. The van der Waals surface area contributed by atoms with E-state index in [0.717, 1.165) is 12.0 Å². The molecule has 104 valence electrons. The molecule has 0 aliphatic rings. The third-order valence-electron chi connectivity index (χ3n) is 3.21. The fraction of sp³-hybridized carbons (Fsp3) is 0.235. The molecule has 0 aliphatic heterocycles. The topological polar surface area (TPSA) is 49.3 Å². The summed E-state index contributed by atoms with van der Waals surface area (Å²) in [7, 11) is 0. The number of nitrogens with one attached hydrogen (secondary N) is 1. The van der Waals surface area contributed by atoms with Gasteiger partial charge in [0.2, 0.25) is 0 Å². The summed E-state index contributed by atoms with van der Waals surface area (Å²) in [6, 6.07) is 17.7. The van der Waals surface area contributed by atoms with Crippen LogP contribution in [0.15, 0.2) is 54.6 Å². The molecular weight excluding hydrogens is 250 g/mol. The van der Waals surface area contributed by atoms with Gasteiger partial charge in [-0.25, -0.2) is 4.79 Å². The molecule has 2 N–H and O–H groups in total. The zero-order chi connectivity index (χ0) is 14.4. The fourth-order valence-corrected chi connectivity index (χ4v) is 2.15. The number of carboxylic acid groups (broad SMARTS) is 1. The smallest absolute Gasteiger partial charge is 0.335 e. The van der Waals surface area contributed by atoms with Crippen molar-refractivity contribution in [2.75, 3.05) is 0 Å². The van der Waals surface area contributed by atoms with Crippen molar-refractivity contribution in [2.45, 2.75) is 25.9 Å². The number of carbonyl (C=O) groups is 1. The highest BCUT2D eigenvalue weighted by molar-refractivity contribution is 5.87. The zero-order valence-corrected chi connectivity index (χ0v) is 11.5. The molecule has 0 bridgehead atoms. The van der Waals surface area contributed by atoms with Crippen LogP contribution >= 0.6 is 0 Å². The van der Waals surface area contributed by atoms with Crippen molar-refractivity contribution in [1.29, 1.82) is 0 Å². The van der Waals surface area contributed by atoms with Crippen LogP contribution in [0, 0.1) is 0 Å². The van der Waals surface area contributed by atoms with Crippen LogP contribution in [-0.4, -0.2) is 17.1 Å². The standard InChI is InChI=1S/C17H19NO2/c1-13(10-14-6-3-2-4-7-14)18-12-15-8-5-9-16(11-15)17(19)20/h2-9,11,13,18H,10,12H2,1H3,(H,19,20). The molecule has 20 heavy (non-hydrogen) atoms. The Morgan fingerprint density at radius 2 is 1.80 bits per heavy atom. The second kappa shape index (κ2) is 6.87. The number of benzene rings is 2. The molecule has 0 fully saturated rings. The van der Waals surface area contributed by atoms with Crippen LogP contribution in [-0.2, 0) is 13.0 Å². The van der Waals surface area contributed by atoms with E-state index in [4.69, 9.17) is 5.11 Å². The molecule has 1 atom stereocenters. The van der Waals surface area contributed by atoms with Crippen molar-refractivity contribution in [3.63, 3.8) is 0 Å². The van der Waals surface area contributed by atoms with Crippen molar-refractivity contribution in [3.05, 3.63) is 71.3 Å². The lowest BCUT2D eigenvalue weighted by Gasteiger charge is -2.14. The molecular formula is C17H19NO2. The molecule has 0 saturated carbocycles. The van der Waals surface area contributed by atoms with Crippen molar-refractivity contribution in [3.8, 4) is 0 Å². The van der Waals surface area contributed by atoms with Gasteiger partial charge in [0.1, 0.15) is 0 Å². The van der Waals surface area contributed by atoms with Crippen LogP contribution in [0.4, 0.5) is 0 Å². The van der Waals surface area contributed by atoms with Gasteiger partial charge in [-0.15, -0.1) is 0 Å². The Labute approximate surface area is 119 Å². The molecule has 0 aliphatic carbocycles. The number of carboxylic acids is 1. The van der Waals surface area contributed by atoms with E-state index in [1.165, 1.54) is 5.56 Å². The van der Waals surface area contributed by atoms with Gasteiger partial charge >= 0.3 is 5.97 Å². The molecule has 1 unspecified atom stereocenters. The number of rotatable bonds is 6. The summed E-state index contributed by atoms with van der Waals surface area (Å²) in [5.74, 6) is -0.885. The van der Waals surface area contributed by atoms with E-state index < -0.39 is 5.97 Å². The SMILES string of the molecule is CC(Cc1ccccc1)NCc1cccc(C(=O)O)c1. The van der Waals surface area contributed by atoms with E-state index in [1.54, 1.807) is 18.2 Å². The summed E-state index contributed by atoms with van der Waals surface area (Å²) in [5.41, 5.74) is 2.62. The lowest BCUT2D eigenvalue weighted by Crippen LogP contribution is -2.27. The first-order chi connectivity index (χ1) is 9.65. The van der Waals surface area contributed by atoms with Gasteiger partial charge < -0.3 is 10.4 Å². The predicted molar refractivity (Wildman–Crippen MR) is 79.8 cm³/mol. The molecule has 0 radical (unpaired) electrons. The first kappa shape index (κ1) is 14.3. The van der Waals surface area contributed by atoms with Crippen molar-refractivity contribution >= 4 is 5.97 Å². The third kappa shape index (κ3) is 4.21. The molecule has 0 aromatic heterocycles. The van der Waals surface area contributed by atoms with Crippen LogP contribution in [0.5, 0.6) is 0 Å². The number of aromatic carboxylic acids is 1. The molecule has 2 rings (SSSR count). The number of hydrogen-bond acceptors (Lipinski definition) is 2. The van der Waals surface area contributed by atoms with Crippen LogP contribution in [0.25, 0.3) is 0 Å². The van der Waals surface area contributed by atoms with Crippen LogP contribution in [0.3, 0.4) is 0 Å². The Balaban J connectivity index is 1.88. The predicted octanol–water partition coefficient (Wildman–Crippen LogP) is 3.11. The highest BCUT2D eigenvalue weighted by Crippen LogP contribution is 2.07. The molecule has 2 aromatic carbocycles. The summed E-state index contributed by atoms with van der Waals surface area (Å²) >= 11 is 0. The maximum Gasteiger partial charge on any atom is 0.335 e.